The number of pyridine rings is 1. The Hall–Kier alpha value is -2.17. The lowest BCUT2D eigenvalue weighted by Gasteiger charge is -2.24. The number of anilines is 2. The van der Waals surface area contributed by atoms with Crippen molar-refractivity contribution < 1.29 is 0 Å². The van der Waals surface area contributed by atoms with E-state index < -0.39 is 0 Å². The largest absolute Gasteiger partial charge is 0.356 e. The van der Waals surface area contributed by atoms with Gasteiger partial charge in [-0.1, -0.05) is 12.8 Å². The van der Waals surface area contributed by atoms with Crippen LogP contribution in [0.3, 0.4) is 0 Å². The molecule has 5 heteroatoms. The van der Waals surface area contributed by atoms with Gasteiger partial charge in [0.25, 0.3) is 0 Å². The average molecular weight is 325 g/mol. The maximum absolute atomic E-state index is 4.84. The molecule has 0 aromatic carbocycles. The van der Waals surface area contributed by atoms with Gasteiger partial charge in [0.2, 0.25) is 5.95 Å². The monoisotopic (exact) mass is 325 g/mol. The van der Waals surface area contributed by atoms with Crippen LogP contribution in [0.25, 0.3) is 0 Å². The molecule has 0 amide bonds. The van der Waals surface area contributed by atoms with Gasteiger partial charge in [0.1, 0.15) is 5.82 Å². The Balaban J connectivity index is 1.70. The van der Waals surface area contributed by atoms with Gasteiger partial charge in [0, 0.05) is 50.8 Å². The van der Waals surface area contributed by atoms with Gasteiger partial charge in [0.15, 0.2) is 0 Å². The normalized spacial score (nSPS) is 15.2. The number of aromatic nitrogens is 3. The Morgan fingerprint density at radius 3 is 2.46 bits per heavy atom. The molecule has 3 rings (SSSR count). The Morgan fingerprint density at radius 2 is 1.75 bits per heavy atom. The van der Waals surface area contributed by atoms with Gasteiger partial charge in [-0.3, -0.25) is 4.98 Å². The SMILES string of the molecule is Cc1cc(N2CCCCCC2)nc(N(C)CCc2ccncc2)n1. The summed E-state index contributed by atoms with van der Waals surface area (Å²) in [7, 11) is 2.07. The number of hydrogen-bond donors (Lipinski definition) is 0. The summed E-state index contributed by atoms with van der Waals surface area (Å²) in [5.41, 5.74) is 2.33. The molecule has 3 heterocycles. The van der Waals surface area contributed by atoms with Crippen LogP contribution in [0.15, 0.2) is 30.6 Å². The van der Waals surface area contributed by atoms with Crippen LogP contribution in [0.4, 0.5) is 11.8 Å². The topological polar surface area (TPSA) is 45.2 Å². The molecule has 0 N–H and O–H groups in total. The second-order valence-corrected chi connectivity index (χ2v) is 6.60. The molecule has 0 spiro atoms. The van der Waals surface area contributed by atoms with Gasteiger partial charge >= 0.3 is 0 Å². The van der Waals surface area contributed by atoms with Crippen molar-refractivity contribution in [1.82, 2.24) is 15.0 Å². The van der Waals surface area contributed by atoms with Crippen LogP contribution in [0.5, 0.6) is 0 Å². The minimum atomic E-state index is 0.823. The first-order valence-electron chi connectivity index (χ1n) is 8.93. The van der Waals surface area contributed by atoms with E-state index in [1.807, 2.05) is 12.4 Å². The van der Waals surface area contributed by atoms with Crippen molar-refractivity contribution in [2.24, 2.45) is 0 Å². The minimum absolute atomic E-state index is 0.823. The van der Waals surface area contributed by atoms with Gasteiger partial charge in [-0.15, -0.1) is 0 Å². The highest BCUT2D eigenvalue weighted by Crippen LogP contribution is 2.20. The average Bonchev–Trinajstić information content (AvgIpc) is 2.89. The van der Waals surface area contributed by atoms with E-state index in [1.165, 1.54) is 31.2 Å². The van der Waals surface area contributed by atoms with E-state index in [1.54, 1.807) is 0 Å². The lowest BCUT2D eigenvalue weighted by Crippen LogP contribution is -2.28. The van der Waals surface area contributed by atoms with E-state index in [2.05, 4.69) is 51.9 Å². The zero-order valence-electron chi connectivity index (χ0n) is 14.8. The molecule has 1 fully saturated rings. The molecule has 0 radical (unpaired) electrons. The second-order valence-electron chi connectivity index (χ2n) is 6.60. The molecule has 1 aliphatic rings. The van der Waals surface area contributed by atoms with Crippen LogP contribution in [0.2, 0.25) is 0 Å². The van der Waals surface area contributed by atoms with E-state index in [0.717, 1.165) is 43.5 Å². The predicted molar refractivity (Wildman–Crippen MR) is 98.7 cm³/mol. The van der Waals surface area contributed by atoms with Gasteiger partial charge in [0.05, 0.1) is 0 Å². The molecule has 0 saturated carbocycles. The minimum Gasteiger partial charge on any atom is -0.356 e. The molecule has 24 heavy (non-hydrogen) atoms. The van der Waals surface area contributed by atoms with Crippen LogP contribution in [0.1, 0.15) is 36.9 Å². The molecule has 2 aromatic rings. The third-order valence-electron chi connectivity index (χ3n) is 4.59. The van der Waals surface area contributed by atoms with Gasteiger partial charge in [-0.25, -0.2) is 4.98 Å². The third kappa shape index (κ3) is 4.43. The molecule has 0 atom stereocenters. The smallest absolute Gasteiger partial charge is 0.227 e. The van der Waals surface area contributed by atoms with Crippen molar-refractivity contribution in [3.8, 4) is 0 Å². The molecule has 5 nitrogen and oxygen atoms in total. The summed E-state index contributed by atoms with van der Waals surface area (Å²) in [5.74, 6) is 1.90. The van der Waals surface area contributed by atoms with E-state index in [9.17, 15) is 0 Å². The Bertz CT molecular complexity index is 635. The quantitative estimate of drug-likeness (QED) is 0.844. The molecule has 0 bridgehead atoms. The number of nitrogens with zero attached hydrogens (tertiary/aromatic N) is 5. The standard InChI is InChI=1S/C19H27N5/c1-16-15-18(24-12-5-3-4-6-13-24)22-19(21-16)23(2)14-9-17-7-10-20-11-8-17/h7-8,10-11,15H,3-6,9,12-14H2,1-2H3. The van der Waals surface area contributed by atoms with Crippen LogP contribution < -0.4 is 9.80 Å². The van der Waals surface area contributed by atoms with E-state index in [-0.39, 0.29) is 0 Å². The Kier molecular flexibility index (Phi) is 5.62. The first-order valence-corrected chi connectivity index (χ1v) is 8.93. The molecule has 0 unspecified atom stereocenters. The van der Waals surface area contributed by atoms with Crippen molar-refractivity contribution in [1.29, 1.82) is 0 Å². The van der Waals surface area contributed by atoms with Gasteiger partial charge in [-0.2, -0.15) is 4.98 Å². The lowest BCUT2D eigenvalue weighted by molar-refractivity contribution is 0.726. The summed E-state index contributed by atoms with van der Waals surface area (Å²) in [4.78, 5) is 18.1. The fourth-order valence-electron chi connectivity index (χ4n) is 3.12. The van der Waals surface area contributed by atoms with Crippen LogP contribution in [-0.2, 0) is 6.42 Å². The fourth-order valence-corrected chi connectivity index (χ4v) is 3.12. The van der Waals surface area contributed by atoms with E-state index in [4.69, 9.17) is 4.98 Å². The lowest BCUT2D eigenvalue weighted by atomic mass is 10.2. The van der Waals surface area contributed by atoms with Crippen molar-refractivity contribution in [2.75, 3.05) is 36.5 Å². The number of aryl methyl sites for hydroxylation is 1. The third-order valence-corrected chi connectivity index (χ3v) is 4.59. The van der Waals surface area contributed by atoms with E-state index >= 15 is 0 Å². The summed E-state index contributed by atoms with van der Waals surface area (Å²) in [6.07, 6.45) is 9.84. The molecule has 1 aliphatic heterocycles. The van der Waals surface area contributed by atoms with Crippen molar-refractivity contribution in [3.63, 3.8) is 0 Å². The Labute approximate surface area is 144 Å². The Morgan fingerprint density at radius 1 is 1.04 bits per heavy atom. The summed E-state index contributed by atoms with van der Waals surface area (Å²) in [5, 5.41) is 0. The molecule has 2 aromatic heterocycles. The zero-order chi connectivity index (χ0) is 16.8. The number of rotatable bonds is 5. The van der Waals surface area contributed by atoms with E-state index in [0.29, 0.717) is 0 Å². The maximum Gasteiger partial charge on any atom is 0.227 e. The molecule has 128 valence electrons. The zero-order valence-corrected chi connectivity index (χ0v) is 14.8. The summed E-state index contributed by atoms with van der Waals surface area (Å²) >= 11 is 0. The first-order chi connectivity index (χ1) is 11.7. The van der Waals surface area contributed by atoms with Gasteiger partial charge < -0.3 is 9.80 Å². The van der Waals surface area contributed by atoms with Crippen LogP contribution >= 0.6 is 0 Å². The molecular formula is C19H27N5. The van der Waals surface area contributed by atoms with Crippen LogP contribution in [0, 0.1) is 6.92 Å². The molecular weight excluding hydrogens is 298 g/mol. The van der Waals surface area contributed by atoms with Crippen molar-refractivity contribution in [3.05, 3.63) is 41.9 Å². The second kappa shape index (κ2) is 8.08. The summed E-state index contributed by atoms with van der Waals surface area (Å²) < 4.78 is 0. The van der Waals surface area contributed by atoms with Gasteiger partial charge in [-0.05, 0) is 43.9 Å². The summed E-state index contributed by atoms with van der Waals surface area (Å²) in [6, 6.07) is 6.24. The predicted octanol–water partition coefficient (Wildman–Crippen LogP) is 3.24. The molecule has 0 aliphatic carbocycles. The molecule has 1 saturated heterocycles. The highest BCUT2D eigenvalue weighted by atomic mass is 15.3. The summed E-state index contributed by atoms with van der Waals surface area (Å²) in [6.45, 7) is 5.17. The highest BCUT2D eigenvalue weighted by molar-refractivity contribution is 5.45. The van der Waals surface area contributed by atoms with Crippen molar-refractivity contribution in [2.45, 2.75) is 39.0 Å². The first kappa shape index (κ1) is 16.7. The van der Waals surface area contributed by atoms with Crippen molar-refractivity contribution >= 4 is 11.8 Å². The van der Waals surface area contributed by atoms with Crippen LogP contribution in [-0.4, -0.2) is 41.6 Å². The fraction of sp³-hybridized carbons (Fsp3) is 0.526. The highest BCUT2D eigenvalue weighted by Gasteiger charge is 2.14. The number of hydrogen-bond acceptors (Lipinski definition) is 5. The maximum atomic E-state index is 4.84. The number of likely N-dealkylation sites (N-methyl/N-ethyl adjacent to an activating group) is 1.